The average Bonchev–Trinajstić information content (AvgIpc) is 3.06. The molecule has 6 nitrogen and oxygen atoms in total. The molecule has 0 aromatic heterocycles. The Labute approximate surface area is 279 Å². The van der Waals surface area contributed by atoms with Crippen molar-refractivity contribution in [1.29, 1.82) is 0 Å². The van der Waals surface area contributed by atoms with E-state index in [4.69, 9.17) is 0 Å². The third kappa shape index (κ3) is 7.91. The van der Waals surface area contributed by atoms with Gasteiger partial charge in [-0.2, -0.15) is 0 Å². The predicted octanol–water partition coefficient (Wildman–Crippen LogP) is 9.73. The fourth-order valence-corrected chi connectivity index (χ4v) is 5.52. The maximum atomic E-state index is 11.5. The lowest BCUT2D eigenvalue weighted by atomic mass is 9.96. The predicted molar refractivity (Wildman–Crippen MR) is 192 cm³/mol. The number of hydrogen-bond donors (Lipinski definition) is 0. The molecule has 6 heteroatoms. The van der Waals surface area contributed by atoms with Crippen molar-refractivity contribution in [3.63, 3.8) is 0 Å². The first-order valence-corrected chi connectivity index (χ1v) is 15.4. The van der Waals surface area contributed by atoms with Crippen LogP contribution in [0.25, 0.3) is 32.3 Å². The second kappa shape index (κ2) is 15.1. The van der Waals surface area contributed by atoms with Gasteiger partial charge in [-0.15, -0.1) is 0 Å². The van der Waals surface area contributed by atoms with Crippen molar-refractivity contribution < 1.29 is 28.8 Å². The van der Waals surface area contributed by atoms with Gasteiger partial charge in [-0.25, -0.2) is 0 Å². The van der Waals surface area contributed by atoms with Gasteiger partial charge in [-0.05, 0) is 86.0 Å². The van der Waals surface area contributed by atoms with E-state index in [0.717, 1.165) is 32.3 Å². The Balaban J connectivity index is 0.000000163. The van der Waals surface area contributed by atoms with Gasteiger partial charge in [0.1, 0.15) is 0 Å². The van der Waals surface area contributed by atoms with E-state index in [0.29, 0.717) is 33.4 Å². The maximum Gasteiger partial charge on any atom is 0.160 e. The van der Waals surface area contributed by atoms with Gasteiger partial charge in [-0.3, -0.25) is 28.8 Å². The number of hydrogen-bond acceptors (Lipinski definition) is 6. The molecule has 0 N–H and O–H groups in total. The fourth-order valence-electron chi connectivity index (χ4n) is 5.52. The second-order valence-corrected chi connectivity index (χ2v) is 11.5. The molecule has 0 aliphatic rings. The van der Waals surface area contributed by atoms with E-state index in [1.807, 2.05) is 72.8 Å². The van der Waals surface area contributed by atoms with Crippen LogP contribution < -0.4 is 0 Å². The monoisotopic (exact) mass is 636 g/mol. The second-order valence-electron chi connectivity index (χ2n) is 11.5. The van der Waals surface area contributed by atoms with Crippen LogP contribution in [0.5, 0.6) is 0 Å². The van der Waals surface area contributed by atoms with E-state index in [-0.39, 0.29) is 34.7 Å². The maximum absolute atomic E-state index is 11.5. The van der Waals surface area contributed by atoms with Crippen molar-refractivity contribution in [3.8, 4) is 0 Å². The fraction of sp³-hybridized carbons (Fsp3) is 0.143. The topological polar surface area (TPSA) is 102 Å². The minimum atomic E-state index is 0.0197. The van der Waals surface area contributed by atoms with Crippen LogP contribution in [0.4, 0.5) is 0 Å². The first-order valence-electron chi connectivity index (χ1n) is 15.4. The highest BCUT2D eigenvalue weighted by atomic mass is 16.1. The van der Waals surface area contributed by atoms with E-state index in [2.05, 4.69) is 0 Å². The normalized spacial score (nSPS) is 10.4. The number of Topliss-reactive ketones (excluding diaryl/α,β-unsaturated/α-hetero) is 6. The molecule has 6 rings (SSSR count). The Kier molecular flexibility index (Phi) is 11.0. The number of carbonyl (C=O) groups excluding carboxylic acids is 6. The third-order valence-corrected chi connectivity index (χ3v) is 8.02. The van der Waals surface area contributed by atoms with Crippen LogP contribution in [0, 0.1) is 0 Å². The minimum absolute atomic E-state index is 0.0197. The number of rotatable bonds is 6. The summed E-state index contributed by atoms with van der Waals surface area (Å²) in [5.41, 5.74) is 4.06. The van der Waals surface area contributed by atoms with E-state index in [9.17, 15) is 28.8 Å². The molecule has 0 aliphatic heterocycles. The van der Waals surface area contributed by atoms with Crippen molar-refractivity contribution in [2.45, 2.75) is 41.5 Å². The van der Waals surface area contributed by atoms with Crippen LogP contribution in [0.15, 0.2) is 109 Å². The first-order chi connectivity index (χ1) is 22.8. The van der Waals surface area contributed by atoms with E-state index in [1.165, 1.54) is 27.7 Å². The van der Waals surface area contributed by atoms with E-state index < -0.39 is 0 Å². The quantitative estimate of drug-likeness (QED) is 0.169. The van der Waals surface area contributed by atoms with Gasteiger partial charge in [0.25, 0.3) is 0 Å². The average molecular weight is 637 g/mol. The third-order valence-electron chi connectivity index (χ3n) is 8.02. The zero-order chi connectivity index (χ0) is 35.1. The van der Waals surface area contributed by atoms with Gasteiger partial charge >= 0.3 is 0 Å². The van der Waals surface area contributed by atoms with Crippen LogP contribution in [0.1, 0.15) is 104 Å². The first kappa shape index (κ1) is 35.0. The van der Waals surface area contributed by atoms with Crippen molar-refractivity contribution >= 4 is 67.0 Å². The molecular weight excluding hydrogens is 600 g/mol. The molecule has 0 heterocycles. The van der Waals surface area contributed by atoms with Crippen LogP contribution >= 0.6 is 0 Å². The summed E-state index contributed by atoms with van der Waals surface area (Å²) < 4.78 is 0. The van der Waals surface area contributed by atoms with E-state index in [1.54, 1.807) is 50.2 Å². The molecule has 0 unspecified atom stereocenters. The molecule has 240 valence electrons. The van der Waals surface area contributed by atoms with Gasteiger partial charge in [0.15, 0.2) is 34.7 Å². The van der Waals surface area contributed by atoms with Crippen molar-refractivity contribution in [2.24, 2.45) is 0 Å². The molecule has 0 saturated carbocycles. The molecule has 6 aromatic rings. The summed E-state index contributed by atoms with van der Waals surface area (Å²) in [6, 6.07) is 32.9. The van der Waals surface area contributed by atoms with Gasteiger partial charge in [0.2, 0.25) is 0 Å². The van der Waals surface area contributed by atoms with Crippen molar-refractivity contribution in [2.75, 3.05) is 0 Å². The van der Waals surface area contributed by atoms with Gasteiger partial charge in [0, 0.05) is 33.4 Å². The lowest BCUT2D eigenvalue weighted by Crippen LogP contribution is -1.99. The molecule has 0 fully saturated rings. The Bertz CT molecular complexity index is 2040. The molecule has 6 aromatic carbocycles. The van der Waals surface area contributed by atoms with Crippen LogP contribution in [-0.4, -0.2) is 34.7 Å². The standard InChI is InChI=1S/3C14H12O2/c1-9(15)11-3-5-14-8-12(10(2)16)4-6-13(14)7-11;1-9(15)11-5-3-8-14-12(10(2)16)6-4-7-13(11)14;1-9(15)11-7-8-12(10(2)16)14-6-4-3-5-13(11)14/h3*3-8H,1-2H3. The molecule has 0 aliphatic carbocycles. The molecular formula is C42H36O6. The van der Waals surface area contributed by atoms with Crippen molar-refractivity contribution in [3.05, 3.63) is 143 Å². The van der Waals surface area contributed by atoms with Gasteiger partial charge in [-0.1, -0.05) is 97.1 Å². The Morgan fingerprint density at radius 1 is 0.312 bits per heavy atom. The summed E-state index contributed by atoms with van der Waals surface area (Å²) in [5, 5.41) is 5.37. The summed E-state index contributed by atoms with van der Waals surface area (Å²) >= 11 is 0. The molecule has 0 saturated heterocycles. The zero-order valence-corrected chi connectivity index (χ0v) is 27.8. The molecule has 48 heavy (non-hydrogen) atoms. The van der Waals surface area contributed by atoms with Crippen molar-refractivity contribution in [1.82, 2.24) is 0 Å². The summed E-state index contributed by atoms with van der Waals surface area (Å²) in [6.07, 6.45) is 0. The minimum Gasteiger partial charge on any atom is -0.295 e. The largest absolute Gasteiger partial charge is 0.295 e. The van der Waals surface area contributed by atoms with Crippen LogP contribution in [0.2, 0.25) is 0 Å². The lowest BCUT2D eigenvalue weighted by Gasteiger charge is -2.06. The molecule has 0 spiro atoms. The Morgan fingerprint density at radius 3 is 0.896 bits per heavy atom. The molecule has 0 amide bonds. The van der Waals surface area contributed by atoms with Gasteiger partial charge in [0.05, 0.1) is 0 Å². The highest BCUT2D eigenvalue weighted by Gasteiger charge is 2.12. The van der Waals surface area contributed by atoms with E-state index >= 15 is 0 Å². The van der Waals surface area contributed by atoms with Crippen LogP contribution in [-0.2, 0) is 0 Å². The molecule has 0 radical (unpaired) electrons. The number of ketones is 6. The van der Waals surface area contributed by atoms with Gasteiger partial charge < -0.3 is 0 Å². The smallest absolute Gasteiger partial charge is 0.160 e. The SMILES string of the molecule is CC(=O)c1ccc(C(C)=O)c2ccccc12.CC(=O)c1ccc2cc(C(C)=O)ccc2c1.CC(=O)c1cccc2c(C(C)=O)cccc12. The lowest BCUT2D eigenvalue weighted by molar-refractivity contribution is 0.100. The Morgan fingerprint density at radius 2 is 0.604 bits per heavy atom. The zero-order valence-electron chi connectivity index (χ0n) is 27.8. The summed E-state index contributed by atoms with van der Waals surface area (Å²) in [7, 11) is 0. The summed E-state index contributed by atoms with van der Waals surface area (Å²) in [4.78, 5) is 68.2. The number of benzene rings is 6. The Hall–Kier alpha value is -5.88. The van der Waals surface area contributed by atoms with Crippen LogP contribution in [0.3, 0.4) is 0 Å². The summed E-state index contributed by atoms with van der Waals surface area (Å²) in [5.74, 6) is 0.185. The number of carbonyl (C=O) groups is 6. The molecule has 0 atom stereocenters. The highest BCUT2D eigenvalue weighted by molar-refractivity contribution is 6.15. The highest BCUT2D eigenvalue weighted by Crippen LogP contribution is 2.25. The summed E-state index contributed by atoms with van der Waals surface area (Å²) in [6.45, 7) is 9.24. The number of fused-ring (bicyclic) bond motifs is 3. The molecule has 0 bridgehead atoms.